The first kappa shape index (κ1) is 13.8. The van der Waals surface area contributed by atoms with Crippen LogP contribution in [0.25, 0.3) is 0 Å². The summed E-state index contributed by atoms with van der Waals surface area (Å²) < 4.78 is 14.5. The molecule has 0 fully saturated rings. The smallest absolute Gasteiger partial charge is 0.317 e. The van der Waals surface area contributed by atoms with Crippen LogP contribution in [0.1, 0.15) is 45.4 Å². The van der Waals surface area contributed by atoms with Gasteiger partial charge in [-0.15, -0.1) is 0 Å². The molecule has 0 bridgehead atoms. The molecule has 0 spiro atoms. The molecule has 4 nitrogen and oxygen atoms in total. The summed E-state index contributed by atoms with van der Waals surface area (Å²) in [5, 5.41) is 0. The van der Waals surface area contributed by atoms with Crippen molar-refractivity contribution in [3.05, 3.63) is 0 Å². The van der Waals surface area contributed by atoms with E-state index in [0.717, 1.165) is 19.3 Å². The summed E-state index contributed by atoms with van der Waals surface area (Å²) in [6, 6.07) is 0. The van der Waals surface area contributed by atoms with E-state index in [4.69, 9.17) is 4.89 Å². The molecule has 0 saturated heterocycles. The minimum absolute atomic E-state index is 0.0890. The standard InChI is InChI=1S/C9H19O4P/c1-2-3-4-5-6-7-9(10)8-13-14(11)12/h14H,2-8H2,1H3,(H,11,12). The first-order valence-corrected chi connectivity index (χ1v) is 6.30. The van der Waals surface area contributed by atoms with Crippen molar-refractivity contribution >= 4 is 14.0 Å². The number of carbonyl (C=O) groups is 1. The summed E-state index contributed by atoms with van der Waals surface area (Å²) in [5.74, 6) is -0.0890. The van der Waals surface area contributed by atoms with Crippen molar-refractivity contribution in [1.82, 2.24) is 0 Å². The van der Waals surface area contributed by atoms with E-state index >= 15 is 0 Å². The molecule has 1 atom stereocenters. The van der Waals surface area contributed by atoms with E-state index < -0.39 is 8.25 Å². The summed E-state index contributed by atoms with van der Waals surface area (Å²) in [6.45, 7) is 1.92. The Kier molecular flexibility index (Phi) is 9.26. The quantitative estimate of drug-likeness (QED) is 0.480. The molecular weight excluding hydrogens is 203 g/mol. The summed E-state index contributed by atoms with van der Waals surface area (Å²) >= 11 is 0. The van der Waals surface area contributed by atoms with E-state index in [1.807, 2.05) is 0 Å². The van der Waals surface area contributed by atoms with Crippen LogP contribution >= 0.6 is 8.25 Å². The monoisotopic (exact) mass is 222 g/mol. The molecule has 0 saturated carbocycles. The average Bonchev–Trinajstić information content (AvgIpc) is 2.14. The Labute approximate surface area is 85.6 Å². The Morgan fingerprint density at radius 2 is 1.93 bits per heavy atom. The largest absolute Gasteiger partial charge is 0.326 e. The van der Waals surface area contributed by atoms with Crippen LogP contribution in [0.3, 0.4) is 0 Å². The fraction of sp³-hybridized carbons (Fsp3) is 0.889. The Bertz CT molecular complexity index is 182. The molecule has 0 aliphatic carbocycles. The Morgan fingerprint density at radius 3 is 2.50 bits per heavy atom. The molecule has 84 valence electrons. The molecule has 0 aromatic heterocycles. The molecular formula is C9H19O4P. The van der Waals surface area contributed by atoms with E-state index in [1.54, 1.807) is 0 Å². The molecule has 0 aliphatic rings. The zero-order valence-electron chi connectivity index (χ0n) is 8.62. The topological polar surface area (TPSA) is 63.6 Å². The third kappa shape index (κ3) is 9.90. The number of hydrogen-bond acceptors (Lipinski definition) is 3. The maximum absolute atomic E-state index is 11.0. The number of carbonyl (C=O) groups excluding carboxylic acids is 1. The first-order chi connectivity index (χ1) is 6.66. The van der Waals surface area contributed by atoms with Crippen LogP contribution in [-0.4, -0.2) is 17.3 Å². The highest BCUT2D eigenvalue weighted by molar-refractivity contribution is 7.32. The van der Waals surface area contributed by atoms with Gasteiger partial charge >= 0.3 is 8.25 Å². The molecule has 1 unspecified atom stereocenters. The van der Waals surface area contributed by atoms with Gasteiger partial charge in [0.1, 0.15) is 6.61 Å². The van der Waals surface area contributed by atoms with Gasteiger partial charge in [0.05, 0.1) is 0 Å². The molecule has 0 aliphatic heterocycles. The lowest BCUT2D eigenvalue weighted by atomic mass is 10.1. The van der Waals surface area contributed by atoms with Crippen LogP contribution in [-0.2, 0) is 13.9 Å². The minimum atomic E-state index is -2.94. The Hall–Kier alpha value is -0.180. The van der Waals surface area contributed by atoms with E-state index in [2.05, 4.69) is 11.4 Å². The highest BCUT2D eigenvalue weighted by Gasteiger charge is 2.03. The van der Waals surface area contributed by atoms with E-state index in [0.29, 0.717) is 6.42 Å². The first-order valence-electron chi connectivity index (χ1n) is 5.04. The van der Waals surface area contributed by atoms with E-state index in [1.165, 1.54) is 12.8 Å². The van der Waals surface area contributed by atoms with Gasteiger partial charge in [-0.1, -0.05) is 32.6 Å². The zero-order chi connectivity index (χ0) is 10.8. The number of hydrogen-bond donors (Lipinski definition) is 1. The fourth-order valence-corrected chi connectivity index (χ4v) is 1.42. The van der Waals surface area contributed by atoms with Gasteiger partial charge in [-0.05, 0) is 6.42 Å². The van der Waals surface area contributed by atoms with Gasteiger partial charge in [0, 0.05) is 6.42 Å². The Balaban J connectivity index is 3.22. The van der Waals surface area contributed by atoms with Crippen LogP contribution in [0.2, 0.25) is 0 Å². The second kappa shape index (κ2) is 9.38. The van der Waals surface area contributed by atoms with E-state index in [-0.39, 0.29) is 12.4 Å². The molecule has 0 amide bonds. The summed E-state index contributed by atoms with van der Waals surface area (Å²) in [7, 11) is -2.94. The lowest BCUT2D eigenvalue weighted by Gasteiger charge is -2.00. The van der Waals surface area contributed by atoms with Crippen molar-refractivity contribution in [2.24, 2.45) is 0 Å². The fourth-order valence-electron chi connectivity index (χ4n) is 1.14. The summed E-state index contributed by atoms with van der Waals surface area (Å²) in [5.41, 5.74) is 0. The van der Waals surface area contributed by atoms with Crippen molar-refractivity contribution in [2.45, 2.75) is 45.4 Å². The number of ketones is 1. The summed E-state index contributed by atoms with van der Waals surface area (Å²) in [4.78, 5) is 19.3. The van der Waals surface area contributed by atoms with Crippen molar-refractivity contribution in [2.75, 3.05) is 6.61 Å². The molecule has 0 radical (unpaired) electrons. The maximum Gasteiger partial charge on any atom is 0.317 e. The van der Waals surface area contributed by atoms with Gasteiger partial charge < -0.3 is 9.42 Å². The lowest BCUT2D eigenvalue weighted by molar-refractivity contribution is -0.121. The van der Waals surface area contributed by atoms with Gasteiger partial charge in [-0.3, -0.25) is 9.36 Å². The van der Waals surface area contributed by atoms with E-state index in [9.17, 15) is 9.36 Å². The molecule has 1 N–H and O–H groups in total. The number of Topliss-reactive ketones (excluding diaryl/α,β-unsaturated/α-hetero) is 1. The predicted molar refractivity (Wildman–Crippen MR) is 55.6 cm³/mol. The molecule has 14 heavy (non-hydrogen) atoms. The van der Waals surface area contributed by atoms with Crippen molar-refractivity contribution in [3.8, 4) is 0 Å². The molecule has 0 heterocycles. The van der Waals surface area contributed by atoms with Gasteiger partial charge in [0.2, 0.25) is 0 Å². The molecule has 0 rings (SSSR count). The normalized spacial score (nSPS) is 12.7. The van der Waals surface area contributed by atoms with Gasteiger partial charge in [0.25, 0.3) is 0 Å². The van der Waals surface area contributed by atoms with Crippen LogP contribution < -0.4 is 0 Å². The van der Waals surface area contributed by atoms with Gasteiger partial charge in [0.15, 0.2) is 5.78 Å². The van der Waals surface area contributed by atoms with Crippen LogP contribution in [0, 0.1) is 0 Å². The predicted octanol–water partition coefficient (Wildman–Crippen LogP) is 2.31. The van der Waals surface area contributed by atoms with Crippen molar-refractivity contribution in [1.29, 1.82) is 0 Å². The van der Waals surface area contributed by atoms with Crippen molar-refractivity contribution < 1.29 is 18.8 Å². The van der Waals surface area contributed by atoms with Crippen LogP contribution in [0.4, 0.5) is 0 Å². The maximum atomic E-state index is 11.0. The minimum Gasteiger partial charge on any atom is -0.326 e. The van der Waals surface area contributed by atoms with Crippen LogP contribution in [0.15, 0.2) is 0 Å². The highest BCUT2D eigenvalue weighted by Crippen LogP contribution is 2.14. The van der Waals surface area contributed by atoms with Crippen molar-refractivity contribution in [3.63, 3.8) is 0 Å². The second-order valence-corrected chi connectivity index (χ2v) is 4.08. The van der Waals surface area contributed by atoms with Gasteiger partial charge in [-0.2, -0.15) is 0 Å². The third-order valence-electron chi connectivity index (χ3n) is 1.92. The van der Waals surface area contributed by atoms with Crippen LogP contribution in [0.5, 0.6) is 0 Å². The average molecular weight is 222 g/mol. The number of unbranched alkanes of at least 4 members (excludes halogenated alkanes) is 4. The summed E-state index contributed by atoms with van der Waals surface area (Å²) in [6.07, 6.45) is 5.90. The lowest BCUT2D eigenvalue weighted by Crippen LogP contribution is -2.04. The second-order valence-electron chi connectivity index (χ2n) is 3.26. The number of rotatable bonds is 9. The highest BCUT2D eigenvalue weighted by atomic mass is 31.1. The zero-order valence-corrected chi connectivity index (χ0v) is 9.62. The third-order valence-corrected chi connectivity index (χ3v) is 2.31. The Morgan fingerprint density at radius 1 is 1.29 bits per heavy atom. The molecule has 5 heteroatoms. The molecule has 0 aromatic rings. The molecule has 0 aromatic carbocycles. The van der Waals surface area contributed by atoms with Gasteiger partial charge in [-0.25, -0.2) is 0 Å². The SMILES string of the molecule is CCCCCCCC(=O)CO[PH](=O)O.